The highest BCUT2D eigenvalue weighted by Gasteiger charge is 2.16. The van der Waals surface area contributed by atoms with Crippen LogP contribution < -0.4 is 0 Å². The molecule has 16 heavy (non-hydrogen) atoms. The molecular formula is C14H26O2. The number of hydrogen-bond acceptors (Lipinski definition) is 2. The van der Waals surface area contributed by atoms with E-state index >= 15 is 0 Å². The van der Waals surface area contributed by atoms with Crippen LogP contribution in [0.2, 0.25) is 0 Å². The van der Waals surface area contributed by atoms with E-state index in [1.165, 1.54) is 0 Å². The van der Waals surface area contributed by atoms with Crippen LogP contribution in [0.4, 0.5) is 0 Å². The first kappa shape index (κ1) is 15.1. The topological polar surface area (TPSA) is 18.5 Å². The van der Waals surface area contributed by atoms with E-state index in [9.17, 15) is 0 Å². The maximum absolute atomic E-state index is 5.39. The van der Waals surface area contributed by atoms with Gasteiger partial charge in [-0.1, -0.05) is 41.5 Å². The highest BCUT2D eigenvalue weighted by molar-refractivity contribution is 5.23. The molecular weight excluding hydrogens is 200 g/mol. The Hall–Kier alpha value is -0.920. The van der Waals surface area contributed by atoms with Crippen LogP contribution in [-0.4, -0.2) is 14.2 Å². The summed E-state index contributed by atoms with van der Waals surface area (Å²) < 4.78 is 10.8. The van der Waals surface area contributed by atoms with Crippen molar-refractivity contribution in [3.8, 4) is 0 Å². The van der Waals surface area contributed by atoms with Crippen molar-refractivity contribution >= 4 is 0 Å². The van der Waals surface area contributed by atoms with Gasteiger partial charge < -0.3 is 9.47 Å². The molecule has 0 rings (SSSR count). The van der Waals surface area contributed by atoms with Crippen molar-refractivity contribution in [1.29, 1.82) is 0 Å². The minimum atomic E-state index is 0.0703. The molecule has 0 aromatic heterocycles. The minimum Gasteiger partial charge on any atom is -0.493 e. The number of allylic oxidation sites excluding steroid dienone is 2. The summed E-state index contributed by atoms with van der Waals surface area (Å²) in [4.78, 5) is 0. The van der Waals surface area contributed by atoms with Gasteiger partial charge in [0.25, 0.3) is 0 Å². The van der Waals surface area contributed by atoms with Gasteiger partial charge in [0.2, 0.25) is 0 Å². The summed E-state index contributed by atoms with van der Waals surface area (Å²) in [6.07, 6.45) is 4.15. The average molecular weight is 226 g/mol. The molecule has 2 nitrogen and oxygen atoms in total. The first-order valence-corrected chi connectivity index (χ1v) is 5.63. The fourth-order valence-corrected chi connectivity index (χ4v) is 1.25. The summed E-state index contributed by atoms with van der Waals surface area (Å²) in [7, 11) is 3.35. The Bertz CT molecular complexity index is 242. The molecule has 0 atom stereocenters. The molecule has 0 spiro atoms. The molecule has 0 saturated carbocycles. The van der Waals surface area contributed by atoms with Gasteiger partial charge in [0, 0.05) is 0 Å². The van der Waals surface area contributed by atoms with E-state index in [2.05, 4.69) is 53.7 Å². The molecule has 0 saturated heterocycles. The summed E-state index contributed by atoms with van der Waals surface area (Å²) in [6, 6.07) is 0. The predicted octanol–water partition coefficient (Wildman–Crippen LogP) is 4.14. The number of hydrogen-bond donors (Lipinski definition) is 0. The lowest BCUT2D eigenvalue weighted by atomic mass is 9.92. The van der Waals surface area contributed by atoms with Gasteiger partial charge in [-0.3, -0.25) is 0 Å². The van der Waals surface area contributed by atoms with E-state index in [0.717, 1.165) is 11.5 Å². The Labute approximate surface area is 100 Å². The number of rotatable bonds is 3. The van der Waals surface area contributed by atoms with Crippen LogP contribution in [0.3, 0.4) is 0 Å². The molecule has 0 N–H and O–H groups in total. The second kappa shape index (κ2) is 5.42. The van der Waals surface area contributed by atoms with E-state index in [4.69, 9.17) is 9.47 Å². The van der Waals surface area contributed by atoms with Crippen LogP contribution >= 0.6 is 0 Å². The highest BCUT2D eigenvalue weighted by Crippen LogP contribution is 2.26. The van der Waals surface area contributed by atoms with Crippen molar-refractivity contribution in [2.45, 2.75) is 41.5 Å². The summed E-state index contributed by atoms with van der Waals surface area (Å²) in [5, 5.41) is 0. The number of ether oxygens (including phenoxy) is 2. The van der Waals surface area contributed by atoms with Gasteiger partial charge in [-0.2, -0.15) is 0 Å². The highest BCUT2D eigenvalue weighted by atomic mass is 16.5. The minimum absolute atomic E-state index is 0.0703. The first-order valence-electron chi connectivity index (χ1n) is 5.63. The maximum Gasteiger partial charge on any atom is 0.156 e. The third-order valence-electron chi connectivity index (χ3n) is 1.81. The fraction of sp³-hybridized carbons (Fsp3) is 0.714. The summed E-state index contributed by atoms with van der Waals surface area (Å²) in [6.45, 7) is 12.8. The van der Waals surface area contributed by atoms with Crippen molar-refractivity contribution in [2.24, 2.45) is 10.8 Å². The zero-order valence-corrected chi connectivity index (χ0v) is 12.0. The van der Waals surface area contributed by atoms with Crippen LogP contribution in [0.15, 0.2) is 23.7 Å². The molecule has 94 valence electrons. The fourth-order valence-electron chi connectivity index (χ4n) is 1.25. The quantitative estimate of drug-likeness (QED) is 0.532. The molecule has 0 aliphatic carbocycles. The van der Waals surface area contributed by atoms with Gasteiger partial charge in [-0.25, -0.2) is 0 Å². The Kier molecular flexibility index (Phi) is 5.11. The third kappa shape index (κ3) is 6.54. The van der Waals surface area contributed by atoms with Crippen LogP contribution in [0, 0.1) is 10.8 Å². The van der Waals surface area contributed by atoms with Gasteiger partial charge in [0.15, 0.2) is 11.5 Å². The zero-order chi connectivity index (χ0) is 13.0. The lowest BCUT2D eigenvalue weighted by Gasteiger charge is -2.20. The van der Waals surface area contributed by atoms with Crippen LogP contribution in [0.1, 0.15) is 41.5 Å². The van der Waals surface area contributed by atoms with Crippen LogP contribution in [-0.2, 0) is 9.47 Å². The Morgan fingerprint density at radius 3 is 1.06 bits per heavy atom. The Morgan fingerprint density at radius 2 is 0.938 bits per heavy atom. The van der Waals surface area contributed by atoms with Crippen LogP contribution in [0.5, 0.6) is 0 Å². The third-order valence-corrected chi connectivity index (χ3v) is 1.81. The van der Waals surface area contributed by atoms with Crippen molar-refractivity contribution in [3.05, 3.63) is 23.7 Å². The Morgan fingerprint density at radius 1 is 0.688 bits per heavy atom. The lowest BCUT2D eigenvalue weighted by molar-refractivity contribution is 0.211. The molecule has 0 heterocycles. The smallest absolute Gasteiger partial charge is 0.156 e. The number of methoxy groups -OCH3 is 2. The van der Waals surface area contributed by atoms with E-state index in [1.807, 2.05) is 0 Å². The molecule has 0 unspecified atom stereocenters. The van der Waals surface area contributed by atoms with Crippen molar-refractivity contribution < 1.29 is 9.47 Å². The van der Waals surface area contributed by atoms with E-state index in [-0.39, 0.29) is 10.8 Å². The van der Waals surface area contributed by atoms with E-state index in [1.54, 1.807) is 14.2 Å². The van der Waals surface area contributed by atoms with Gasteiger partial charge in [-0.15, -0.1) is 0 Å². The first-order chi connectivity index (χ1) is 7.09. The molecule has 0 aromatic carbocycles. The molecule has 0 aliphatic rings. The molecule has 0 amide bonds. The van der Waals surface area contributed by atoms with Gasteiger partial charge in [-0.05, 0) is 23.0 Å². The largest absolute Gasteiger partial charge is 0.493 e. The summed E-state index contributed by atoms with van der Waals surface area (Å²) >= 11 is 0. The van der Waals surface area contributed by atoms with Crippen molar-refractivity contribution in [2.75, 3.05) is 14.2 Å². The zero-order valence-electron chi connectivity index (χ0n) is 12.0. The van der Waals surface area contributed by atoms with Gasteiger partial charge in [0.1, 0.15) is 0 Å². The summed E-state index contributed by atoms with van der Waals surface area (Å²) in [5.74, 6) is 1.59. The van der Waals surface area contributed by atoms with Crippen LogP contribution in [0.25, 0.3) is 0 Å². The average Bonchev–Trinajstić information content (AvgIpc) is 2.07. The molecule has 0 aromatic rings. The normalized spacial score (nSPS) is 15.0. The maximum atomic E-state index is 5.39. The second-order valence-corrected chi connectivity index (χ2v) is 6.16. The Balaban J connectivity index is 5.22. The van der Waals surface area contributed by atoms with Gasteiger partial charge >= 0.3 is 0 Å². The molecule has 0 fully saturated rings. The molecule has 0 bridgehead atoms. The monoisotopic (exact) mass is 226 g/mol. The molecule has 2 heteroatoms. The second-order valence-electron chi connectivity index (χ2n) is 6.16. The molecule has 0 aliphatic heterocycles. The van der Waals surface area contributed by atoms with E-state index in [0.29, 0.717) is 0 Å². The predicted molar refractivity (Wildman–Crippen MR) is 69.1 cm³/mol. The lowest BCUT2D eigenvalue weighted by Crippen LogP contribution is -2.08. The van der Waals surface area contributed by atoms with Gasteiger partial charge in [0.05, 0.1) is 14.2 Å². The molecule has 0 radical (unpaired) electrons. The summed E-state index contributed by atoms with van der Waals surface area (Å²) in [5.41, 5.74) is 0.141. The SMILES string of the molecule is COC(=C/C(C)(C)C)/C(=C\C(C)(C)C)OC. The van der Waals surface area contributed by atoms with Crippen molar-refractivity contribution in [3.63, 3.8) is 0 Å². The van der Waals surface area contributed by atoms with E-state index < -0.39 is 0 Å². The standard InChI is InChI=1S/C14H26O2/c1-13(2,3)9-11(15-7)12(16-8)10-14(4,5)6/h9-10H,1-8H3/b11-9+,12-10+. The van der Waals surface area contributed by atoms with Crippen molar-refractivity contribution in [1.82, 2.24) is 0 Å².